The lowest BCUT2D eigenvalue weighted by Gasteiger charge is -2.32. The van der Waals surface area contributed by atoms with E-state index < -0.39 is 10.8 Å². The Morgan fingerprint density at radius 1 is 0.368 bits per heavy atom. The molecule has 68 heavy (non-hydrogen) atoms. The Hall–Kier alpha value is -7.82. The summed E-state index contributed by atoms with van der Waals surface area (Å²) in [4.78, 5) is 4.82. The Labute approximate surface area is 397 Å². The molecule has 11 aromatic rings. The van der Waals surface area contributed by atoms with E-state index in [9.17, 15) is 0 Å². The van der Waals surface area contributed by atoms with Crippen LogP contribution >= 0.6 is 0 Å². The number of hydrogen-bond donors (Lipinski definition) is 0. The molecule has 0 saturated carbocycles. The molecule has 0 N–H and O–H groups in total. The Bertz CT molecular complexity index is 3770. The van der Waals surface area contributed by atoms with E-state index in [2.05, 4.69) is 235 Å². The third-order valence-electron chi connectivity index (χ3n) is 15.2. The molecule has 0 spiro atoms. The summed E-state index contributed by atoms with van der Waals surface area (Å²) in [5.74, 6) is 0. The van der Waals surface area contributed by atoms with Crippen LogP contribution in [0.1, 0.15) is 72.2 Å². The molecular formula is C64H52N2O2. The highest BCUT2D eigenvalue weighted by molar-refractivity contribution is 6.21. The van der Waals surface area contributed by atoms with Crippen LogP contribution < -0.4 is 9.80 Å². The summed E-state index contributed by atoms with van der Waals surface area (Å²) in [7, 11) is 0. The lowest BCUT2D eigenvalue weighted by molar-refractivity contribution is 0.600. The second-order valence-corrected chi connectivity index (χ2v) is 20.4. The van der Waals surface area contributed by atoms with E-state index in [0.717, 1.165) is 78.0 Å². The molecule has 0 amide bonds. The molecule has 4 heteroatoms. The third kappa shape index (κ3) is 5.67. The lowest BCUT2D eigenvalue weighted by atomic mass is 9.72. The van der Waals surface area contributed by atoms with Gasteiger partial charge in [0.1, 0.15) is 16.7 Å². The highest BCUT2D eigenvalue weighted by Gasteiger charge is 2.48. The van der Waals surface area contributed by atoms with E-state index in [4.69, 9.17) is 8.83 Å². The Morgan fingerprint density at radius 3 is 1.21 bits per heavy atom. The molecule has 0 unspecified atom stereocenters. The number of fused-ring (bicyclic) bond motifs is 15. The van der Waals surface area contributed by atoms with Gasteiger partial charge in [-0.25, -0.2) is 0 Å². The number of anilines is 6. The zero-order valence-corrected chi connectivity index (χ0v) is 39.9. The lowest BCUT2D eigenvalue weighted by Crippen LogP contribution is -2.24. The van der Waals surface area contributed by atoms with Crippen molar-refractivity contribution in [3.8, 4) is 22.3 Å². The standard InChI is InChI=1S/C64H52N2O2/c1-37-17-25-41(26-18-37)65(42-27-19-38(2)20-28-42)51-35-50-56(62-57(51)45-13-9-11-15-53(45)68-62)48-34-33-47-55-49(63(5,6)59(47)60(48)64(50,7)8)36-52(61-58(55)46-14-10-12-16-54(46)67-61)66(43-29-21-39(3)22-30-43)44-31-23-40(4)24-32-44/h9-36H,1-8H3. The summed E-state index contributed by atoms with van der Waals surface area (Å²) in [5.41, 5.74) is 24.5. The summed E-state index contributed by atoms with van der Waals surface area (Å²) < 4.78 is 14.3. The average molecular weight is 881 g/mol. The van der Waals surface area contributed by atoms with Crippen molar-refractivity contribution in [1.82, 2.24) is 0 Å². The predicted octanol–water partition coefficient (Wildman–Crippen LogP) is 18.3. The molecule has 0 aliphatic heterocycles. The first-order chi connectivity index (χ1) is 32.9. The van der Waals surface area contributed by atoms with Gasteiger partial charge < -0.3 is 18.6 Å². The van der Waals surface area contributed by atoms with Crippen LogP contribution in [0.4, 0.5) is 34.1 Å². The van der Waals surface area contributed by atoms with Crippen molar-refractivity contribution in [2.45, 2.75) is 66.2 Å². The minimum Gasteiger partial charge on any atom is -0.455 e. The Balaban J connectivity index is 1.09. The van der Waals surface area contributed by atoms with E-state index >= 15 is 0 Å². The maximum Gasteiger partial charge on any atom is 0.160 e. The maximum absolute atomic E-state index is 7.17. The minimum atomic E-state index is -0.403. The first-order valence-electron chi connectivity index (χ1n) is 23.9. The molecule has 0 fully saturated rings. The number of furan rings is 2. The van der Waals surface area contributed by atoms with Gasteiger partial charge in [0.15, 0.2) is 5.58 Å². The molecule has 0 bridgehead atoms. The van der Waals surface area contributed by atoms with Gasteiger partial charge in [-0.2, -0.15) is 0 Å². The fourth-order valence-electron chi connectivity index (χ4n) is 11.9. The van der Waals surface area contributed by atoms with Crippen molar-refractivity contribution >= 4 is 78.0 Å². The second-order valence-electron chi connectivity index (χ2n) is 20.4. The fourth-order valence-corrected chi connectivity index (χ4v) is 11.9. The molecule has 0 atom stereocenters. The van der Waals surface area contributed by atoms with Gasteiger partial charge in [-0.1, -0.05) is 147 Å². The first-order valence-corrected chi connectivity index (χ1v) is 23.9. The quantitative estimate of drug-likeness (QED) is 0.167. The topological polar surface area (TPSA) is 32.8 Å². The highest BCUT2D eigenvalue weighted by atomic mass is 16.3. The van der Waals surface area contributed by atoms with Gasteiger partial charge >= 0.3 is 0 Å². The van der Waals surface area contributed by atoms with E-state index in [1.807, 2.05) is 0 Å². The maximum atomic E-state index is 7.17. The van der Waals surface area contributed by atoms with Crippen molar-refractivity contribution < 1.29 is 8.83 Å². The zero-order chi connectivity index (χ0) is 46.4. The zero-order valence-electron chi connectivity index (χ0n) is 39.9. The van der Waals surface area contributed by atoms with Crippen molar-refractivity contribution in [1.29, 1.82) is 0 Å². The third-order valence-corrected chi connectivity index (χ3v) is 15.2. The number of para-hydroxylation sites is 2. The Morgan fingerprint density at radius 2 is 0.735 bits per heavy atom. The van der Waals surface area contributed by atoms with Crippen LogP contribution in [0.3, 0.4) is 0 Å². The van der Waals surface area contributed by atoms with Crippen LogP contribution in [0.2, 0.25) is 0 Å². The van der Waals surface area contributed by atoms with Crippen LogP contribution in [0.25, 0.3) is 66.1 Å². The van der Waals surface area contributed by atoms with Crippen LogP contribution in [0.15, 0.2) is 179 Å². The molecular weight excluding hydrogens is 829 g/mol. The van der Waals surface area contributed by atoms with Crippen molar-refractivity contribution in [3.63, 3.8) is 0 Å². The van der Waals surface area contributed by atoms with E-state index in [1.165, 1.54) is 66.8 Å². The normalized spacial score (nSPS) is 14.1. The van der Waals surface area contributed by atoms with Crippen molar-refractivity contribution in [2.24, 2.45) is 0 Å². The molecule has 0 saturated heterocycles. The second kappa shape index (κ2) is 14.3. The number of aryl methyl sites for hydroxylation is 4. The molecule has 4 nitrogen and oxygen atoms in total. The molecule has 9 aromatic carbocycles. The van der Waals surface area contributed by atoms with Crippen LogP contribution in [-0.4, -0.2) is 0 Å². The van der Waals surface area contributed by atoms with Gasteiger partial charge in [0.25, 0.3) is 0 Å². The summed E-state index contributed by atoms with van der Waals surface area (Å²) in [6.45, 7) is 18.3. The summed E-state index contributed by atoms with van der Waals surface area (Å²) in [6.07, 6.45) is 0. The first kappa shape index (κ1) is 40.5. The SMILES string of the molecule is Cc1ccc(N(c2ccc(C)cc2)c2cc3c(c4c2oc2ccccc24)-c2ccc4c(c2C3(C)C)C(C)(C)c2cc(N(c3ccc(C)cc3)c3ccc(C)cc3)c3c(oc5ccccc53)c2-4)cc1. The van der Waals surface area contributed by atoms with Gasteiger partial charge in [-0.15, -0.1) is 0 Å². The van der Waals surface area contributed by atoms with Crippen molar-refractivity contribution in [2.75, 3.05) is 9.80 Å². The molecule has 2 aliphatic rings. The van der Waals surface area contributed by atoms with Gasteiger partial charge in [-0.3, -0.25) is 0 Å². The minimum absolute atomic E-state index is 0.394. The smallest absolute Gasteiger partial charge is 0.160 e. The van der Waals surface area contributed by atoms with E-state index in [0.29, 0.717) is 0 Å². The predicted molar refractivity (Wildman–Crippen MR) is 284 cm³/mol. The van der Waals surface area contributed by atoms with Gasteiger partial charge in [-0.05, 0) is 139 Å². The van der Waals surface area contributed by atoms with E-state index in [-0.39, 0.29) is 0 Å². The molecule has 0 radical (unpaired) electrons. The number of hydrogen-bond acceptors (Lipinski definition) is 4. The summed E-state index contributed by atoms with van der Waals surface area (Å²) in [6, 6.07) is 62.4. The molecule has 13 rings (SSSR count). The number of benzene rings is 9. The fraction of sp³-hybridized carbons (Fsp3) is 0.156. The molecule has 330 valence electrons. The highest BCUT2D eigenvalue weighted by Crippen LogP contribution is 2.64. The monoisotopic (exact) mass is 880 g/mol. The number of nitrogens with zero attached hydrogens (tertiary/aromatic N) is 2. The van der Waals surface area contributed by atoms with E-state index in [1.54, 1.807) is 0 Å². The average Bonchev–Trinajstić information content (AvgIpc) is 4.04. The molecule has 2 aliphatic carbocycles. The summed E-state index contributed by atoms with van der Waals surface area (Å²) in [5, 5.41) is 4.51. The molecule has 2 heterocycles. The van der Waals surface area contributed by atoms with Crippen LogP contribution in [0, 0.1) is 27.7 Å². The van der Waals surface area contributed by atoms with Gasteiger partial charge in [0, 0.05) is 55.3 Å². The van der Waals surface area contributed by atoms with Crippen molar-refractivity contribution in [3.05, 3.63) is 214 Å². The van der Waals surface area contributed by atoms with Crippen LogP contribution in [0.5, 0.6) is 0 Å². The Kier molecular flexibility index (Phi) is 8.53. The molecule has 2 aromatic heterocycles. The largest absolute Gasteiger partial charge is 0.455 e. The number of rotatable bonds is 6. The van der Waals surface area contributed by atoms with Gasteiger partial charge in [0.05, 0.1) is 16.8 Å². The van der Waals surface area contributed by atoms with Gasteiger partial charge in [0.2, 0.25) is 0 Å². The summed E-state index contributed by atoms with van der Waals surface area (Å²) >= 11 is 0. The van der Waals surface area contributed by atoms with Crippen LogP contribution in [-0.2, 0) is 10.8 Å².